The second-order valence-corrected chi connectivity index (χ2v) is 11.8. The first-order valence-corrected chi connectivity index (χ1v) is 16.4. The van der Waals surface area contributed by atoms with Crippen molar-refractivity contribution in [3.05, 3.63) is 175 Å². The fourth-order valence-electron chi connectivity index (χ4n) is 4.59. The van der Waals surface area contributed by atoms with Crippen molar-refractivity contribution in [3.8, 4) is 0 Å². The van der Waals surface area contributed by atoms with E-state index < -0.39 is 0 Å². The van der Waals surface area contributed by atoms with Crippen LogP contribution in [0, 0.1) is 20.8 Å². The van der Waals surface area contributed by atoms with Crippen molar-refractivity contribution < 1.29 is 26.2 Å². The van der Waals surface area contributed by atoms with Gasteiger partial charge in [-0.1, -0.05) is 94.6 Å². The van der Waals surface area contributed by atoms with Crippen LogP contribution in [-0.2, 0) is 26.2 Å². The van der Waals surface area contributed by atoms with Crippen molar-refractivity contribution in [2.24, 2.45) is 4.99 Å². The van der Waals surface area contributed by atoms with Crippen LogP contribution >= 0.6 is 0 Å². The molecule has 1 aliphatic rings. The minimum Gasteiger partial charge on any atom is -0.656 e. The molecule has 0 aromatic heterocycles. The van der Waals surface area contributed by atoms with Gasteiger partial charge in [-0.3, -0.25) is 4.99 Å². The Morgan fingerprint density at radius 3 is 1.43 bits per heavy atom. The maximum Gasteiger partial charge on any atom is 3.00 e. The van der Waals surface area contributed by atoms with E-state index in [9.17, 15) is 0 Å². The van der Waals surface area contributed by atoms with Gasteiger partial charge in [0, 0.05) is 12.3 Å². The summed E-state index contributed by atoms with van der Waals surface area (Å²) in [5, 5.41) is 5.15. The molecule has 0 heterocycles. The van der Waals surface area contributed by atoms with Crippen LogP contribution in [0.3, 0.4) is 0 Å². The van der Waals surface area contributed by atoms with Gasteiger partial charge in [0.05, 0.1) is 0 Å². The van der Waals surface area contributed by atoms with Gasteiger partial charge in [-0.15, -0.1) is 47.8 Å². The molecule has 0 spiro atoms. The fraction of sp³-hybridized carbons (Fsp3) is 0.302. The van der Waals surface area contributed by atoms with E-state index in [-0.39, 0.29) is 26.2 Å². The van der Waals surface area contributed by atoms with Crippen LogP contribution in [0.4, 0.5) is 5.69 Å². The molecule has 0 aliphatic heterocycles. The van der Waals surface area contributed by atoms with Crippen molar-refractivity contribution in [1.82, 2.24) is 0 Å². The zero-order chi connectivity index (χ0) is 32.9. The molecule has 2 nitrogen and oxygen atoms in total. The van der Waals surface area contributed by atoms with Gasteiger partial charge in [0.2, 0.25) is 0 Å². The van der Waals surface area contributed by atoms with E-state index in [0.29, 0.717) is 11.8 Å². The largest absolute Gasteiger partial charge is 3.00 e. The quantitative estimate of drug-likeness (QED) is 0.136. The van der Waals surface area contributed by atoms with E-state index in [4.69, 9.17) is 10.3 Å². The molecule has 1 radical (unpaired) electrons. The molecule has 46 heavy (non-hydrogen) atoms. The van der Waals surface area contributed by atoms with E-state index in [0.717, 1.165) is 48.2 Å². The first kappa shape index (κ1) is 40.6. The molecule has 0 bridgehead atoms. The monoisotopic (exact) mass is 688 g/mol. The standard InChI is InChI=1S/C22H33N2.3C7H7.Zr/c1-6-7-15-23-20-13-8-9-14-21(20)24-22-18(16(2)3)11-10-12-19(22)17(4)5;3*1-7-5-3-2-4-6-7;/h10-12,14,16-17H,6-9,13,15H2,1-5H3;3*2-6H,1H2;/q4*-1;+3. The molecule has 0 atom stereocenters. The number of unbranched alkanes of at least 4 members (excludes halogenated alkanes) is 1. The summed E-state index contributed by atoms with van der Waals surface area (Å²) in [6.45, 7) is 23.3. The molecule has 0 saturated heterocycles. The number of aliphatic imine (C=N–C) groups is 1. The van der Waals surface area contributed by atoms with Crippen LogP contribution in [0.1, 0.15) is 106 Å². The molecule has 3 heteroatoms. The minimum atomic E-state index is 0. The van der Waals surface area contributed by atoms with Crippen LogP contribution in [0.25, 0.3) is 5.32 Å². The zero-order valence-electron chi connectivity index (χ0n) is 28.9. The molecule has 4 aromatic carbocycles. The van der Waals surface area contributed by atoms with Crippen LogP contribution in [0.2, 0.25) is 0 Å². The fourth-order valence-corrected chi connectivity index (χ4v) is 4.59. The van der Waals surface area contributed by atoms with Crippen LogP contribution in [-0.4, -0.2) is 12.3 Å². The zero-order valence-corrected chi connectivity index (χ0v) is 31.3. The summed E-state index contributed by atoms with van der Waals surface area (Å²) in [5.41, 5.74) is 9.42. The Bertz CT molecular complexity index is 1280. The molecule has 0 saturated carbocycles. The molecular formula is C43H54N2Zr-. The number of hydrogen-bond acceptors (Lipinski definition) is 1. The molecule has 0 amide bonds. The van der Waals surface area contributed by atoms with Gasteiger partial charge in [-0.2, -0.15) is 73.9 Å². The third kappa shape index (κ3) is 16.2. The van der Waals surface area contributed by atoms with Crippen LogP contribution in [0.15, 0.2) is 126 Å². The van der Waals surface area contributed by atoms with Crippen molar-refractivity contribution in [3.63, 3.8) is 0 Å². The number of benzene rings is 4. The molecule has 4 aromatic rings. The summed E-state index contributed by atoms with van der Waals surface area (Å²) in [4.78, 5) is 4.85. The number of nitrogens with zero attached hydrogens (tertiary/aromatic N) is 2. The van der Waals surface area contributed by atoms with Gasteiger partial charge in [0.1, 0.15) is 0 Å². The molecule has 0 fully saturated rings. The Balaban J connectivity index is 0.000000385. The van der Waals surface area contributed by atoms with E-state index in [1.165, 1.54) is 35.4 Å². The SMILES string of the molecule is CCCCN=C1CCCC=C1[N-]c1c(C(C)C)cccc1C(C)C.[CH2-]c1ccccc1.[CH2-]c1ccccc1.[CH2-]c1ccccc1.[Zr+3]. The molecule has 0 N–H and O–H groups in total. The summed E-state index contributed by atoms with van der Waals surface area (Å²) < 4.78 is 0. The van der Waals surface area contributed by atoms with Gasteiger partial charge in [0.15, 0.2) is 0 Å². The summed E-state index contributed by atoms with van der Waals surface area (Å²) in [7, 11) is 0. The average molecular weight is 690 g/mol. The first-order valence-electron chi connectivity index (χ1n) is 16.4. The maximum atomic E-state index is 5.15. The number of hydrogen-bond donors (Lipinski definition) is 0. The number of rotatable bonds is 7. The number of allylic oxidation sites excluding steroid dienone is 2. The van der Waals surface area contributed by atoms with E-state index >= 15 is 0 Å². The van der Waals surface area contributed by atoms with Crippen molar-refractivity contribution >= 4 is 11.4 Å². The second kappa shape index (κ2) is 23.9. The Morgan fingerprint density at radius 2 is 1.09 bits per heavy atom. The summed E-state index contributed by atoms with van der Waals surface area (Å²) in [6.07, 6.45) is 8.03. The van der Waals surface area contributed by atoms with Gasteiger partial charge < -0.3 is 5.32 Å². The van der Waals surface area contributed by atoms with Crippen molar-refractivity contribution in [1.29, 1.82) is 0 Å². The number of para-hydroxylation sites is 1. The summed E-state index contributed by atoms with van der Waals surface area (Å²) in [6, 6.07) is 36.3. The normalized spacial score (nSPS) is 12.7. The maximum absolute atomic E-state index is 5.15. The third-order valence-corrected chi connectivity index (χ3v) is 7.17. The average Bonchev–Trinajstić information content (AvgIpc) is 3.04. The van der Waals surface area contributed by atoms with Gasteiger partial charge in [-0.25, -0.2) is 0 Å². The first-order chi connectivity index (χ1) is 21.7. The smallest absolute Gasteiger partial charge is 0.656 e. The third-order valence-electron chi connectivity index (χ3n) is 7.17. The van der Waals surface area contributed by atoms with Gasteiger partial charge >= 0.3 is 26.2 Å². The molecule has 5 rings (SSSR count). The predicted octanol–water partition coefficient (Wildman–Crippen LogP) is 12.9. The topological polar surface area (TPSA) is 26.5 Å². The molecular weight excluding hydrogens is 636 g/mol. The van der Waals surface area contributed by atoms with Crippen LogP contribution < -0.4 is 0 Å². The van der Waals surface area contributed by atoms with Crippen LogP contribution in [0.5, 0.6) is 0 Å². The Hall–Kier alpha value is -3.42. The van der Waals surface area contributed by atoms with Gasteiger partial charge in [-0.05, 0) is 37.5 Å². The molecule has 1 aliphatic carbocycles. The second-order valence-electron chi connectivity index (χ2n) is 11.8. The summed E-state index contributed by atoms with van der Waals surface area (Å²) >= 11 is 0. The van der Waals surface area contributed by atoms with E-state index in [1.807, 2.05) is 91.0 Å². The Kier molecular flexibility index (Phi) is 21.1. The Morgan fingerprint density at radius 1 is 0.652 bits per heavy atom. The molecule has 241 valence electrons. The molecule has 0 unspecified atom stereocenters. The van der Waals surface area contributed by atoms with Gasteiger partial charge in [0.25, 0.3) is 0 Å². The Labute approximate surface area is 301 Å². The summed E-state index contributed by atoms with van der Waals surface area (Å²) in [5.74, 6) is 0.958. The van der Waals surface area contributed by atoms with Crippen molar-refractivity contribution in [2.75, 3.05) is 6.54 Å². The van der Waals surface area contributed by atoms with Crippen molar-refractivity contribution in [2.45, 2.75) is 78.6 Å². The minimum absolute atomic E-state index is 0. The van der Waals surface area contributed by atoms with E-state index in [2.05, 4.69) is 79.7 Å². The van der Waals surface area contributed by atoms with E-state index in [1.54, 1.807) is 0 Å². The predicted molar refractivity (Wildman–Crippen MR) is 199 cm³/mol.